The monoisotopic (exact) mass is 453 g/mol. The molecule has 32 heavy (non-hydrogen) atoms. The lowest BCUT2D eigenvalue weighted by Gasteiger charge is -2.05. The van der Waals surface area contributed by atoms with Crippen LogP contribution in [0.25, 0.3) is 0 Å². The topological polar surface area (TPSA) is 154 Å². The molecular formula is C20H15N5O6S. The van der Waals surface area contributed by atoms with E-state index in [0.29, 0.717) is 10.5 Å². The number of anilines is 1. The highest BCUT2D eigenvalue weighted by molar-refractivity contribution is 7.99. The molecule has 3 rings (SSSR count). The van der Waals surface area contributed by atoms with Crippen molar-refractivity contribution in [2.75, 3.05) is 5.43 Å². The van der Waals surface area contributed by atoms with Gasteiger partial charge >= 0.3 is 5.69 Å². The van der Waals surface area contributed by atoms with Crippen LogP contribution in [0.1, 0.15) is 11.1 Å². The Morgan fingerprint density at radius 2 is 1.53 bits per heavy atom. The Hall–Kier alpha value is -4.32. The SMILES string of the molecule is Cc1ccc(Sc2ccc(C=NNc3ccc([N+](=O)[O-])cc3[N+](=O)[O-])cc2[N+](=O)[O-])cc1. The summed E-state index contributed by atoms with van der Waals surface area (Å²) in [6.07, 6.45) is 1.26. The lowest BCUT2D eigenvalue weighted by atomic mass is 10.2. The van der Waals surface area contributed by atoms with Crippen LogP contribution in [0, 0.1) is 37.3 Å². The average Bonchev–Trinajstić information content (AvgIpc) is 2.76. The predicted molar refractivity (Wildman–Crippen MR) is 119 cm³/mol. The summed E-state index contributed by atoms with van der Waals surface area (Å²) in [7, 11) is 0. The Kier molecular flexibility index (Phi) is 6.75. The normalized spacial score (nSPS) is 10.8. The van der Waals surface area contributed by atoms with Crippen molar-refractivity contribution in [3.8, 4) is 0 Å². The number of non-ortho nitro benzene ring substituents is 1. The molecule has 0 amide bonds. The van der Waals surface area contributed by atoms with Crippen LogP contribution in [0.2, 0.25) is 0 Å². The van der Waals surface area contributed by atoms with Crippen molar-refractivity contribution < 1.29 is 14.8 Å². The van der Waals surface area contributed by atoms with Crippen LogP contribution >= 0.6 is 11.8 Å². The van der Waals surface area contributed by atoms with Crippen LogP contribution in [0.3, 0.4) is 0 Å². The van der Waals surface area contributed by atoms with E-state index < -0.39 is 26.1 Å². The molecule has 12 heteroatoms. The molecule has 0 radical (unpaired) electrons. The zero-order valence-electron chi connectivity index (χ0n) is 16.5. The van der Waals surface area contributed by atoms with Gasteiger partial charge in [0.2, 0.25) is 0 Å². The molecule has 11 nitrogen and oxygen atoms in total. The van der Waals surface area contributed by atoms with Crippen molar-refractivity contribution in [1.29, 1.82) is 0 Å². The first-order valence-corrected chi connectivity index (χ1v) is 9.81. The third-order valence-electron chi connectivity index (χ3n) is 4.22. The molecule has 0 saturated heterocycles. The van der Waals surface area contributed by atoms with Gasteiger partial charge in [0.1, 0.15) is 5.69 Å². The summed E-state index contributed by atoms with van der Waals surface area (Å²) < 4.78 is 0. The summed E-state index contributed by atoms with van der Waals surface area (Å²) in [5.74, 6) is 0. The zero-order valence-corrected chi connectivity index (χ0v) is 17.3. The van der Waals surface area contributed by atoms with Crippen molar-refractivity contribution in [3.05, 3.63) is 102 Å². The number of hydrogen-bond acceptors (Lipinski definition) is 9. The summed E-state index contributed by atoms with van der Waals surface area (Å²) >= 11 is 1.26. The second kappa shape index (κ2) is 9.66. The molecule has 3 aromatic rings. The van der Waals surface area contributed by atoms with Crippen molar-refractivity contribution in [1.82, 2.24) is 0 Å². The van der Waals surface area contributed by atoms with Crippen LogP contribution in [0.5, 0.6) is 0 Å². The van der Waals surface area contributed by atoms with Gasteiger partial charge in [-0.2, -0.15) is 5.10 Å². The van der Waals surface area contributed by atoms with Crippen molar-refractivity contribution in [3.63, 3.8) is 0 Å². The van der Waals surface area contributed by atoms with E-state index in [1.165, 1.54) is 24.0 Å². The quantitative estimate of drug-likeness (QED) is 0.273. The third-order valence-corrected chi connectivity index (χ3v) is 5.29. The Morgan fingerprint density at radius 3 is 2.16 bits per heavy atom. The minimum Gasteiger partial charge on any atom is -0.272 e. The van der Waals surface area contributed by atoms with Crippen molar-refractivity contribution >= 4 is 40.7 Å². The molecule has 0 fully saturated rings. The van der Waals surface area contributed by atoms with Gasteiger partial charge in [-0.15, -0.1) is 0 Å². The van der Waals surface area contributed by atoms with Gasteiger partial charge in [0.05, 0.1) is 31.9 Å². The van der Waals surface area contributed by atoms with Crippen LogP contribution in [0.4, 0.5) is 22.7 Å². The predicted octanol–water partition coefficient (Wildman–Crippen LogP) is 5.32. The summed E-state index contributed by atoms with van der Waals surface area (Å²) in [6.45, 7) is 1.95. The summed E-state index contributed by atoms with van der Waals surface area (Å²) in [6, 6.07) is 15.2. The second-order valence-electron chi connectivity index (χ2n) is 6.49. The molecule has 0 bridgehead atoms. The number of aryl methyl sites for hydroxylation is 1. The minimum atomic E-state index is -0.771. The maximum atomic E-state index is 11.5. The van der Waals surface area contributed by atoms with Gasteiger partial charge in [0.15, 0.2) is 0 Å². The highest BCUT2D eigenvalue weighted by Crippen LogP contribution is 2.35. The standard InChI is InChI=1S/C20H15N5O6S/c1-13-2-6-16(7-3-13)32-20-9-4-14(10-19(20)25(30)31)12-21-22-17-8-5-15(23(26)27)11-18(17)24(28)29/h2-12,22H,1H3. The number of nitrogens with one attached hydrogen (secondary N) is 1. The van der Waals surface area contributed by atoms with E-state index in [2.05, 4.69) is 10.5 Å². The molecule has 0 atom stereocenters. The molecule has 0 aliphatic rings. The van der Waals surface area contributed by atoms with Gasteiger partial charge in [-0.05, 0) is 31.2 Å². The fourth-order valence-electron chi connectivity index (χ4n) is 2.63. The molecule has 0 aromatic heterocycles. The largest absolute Gasteiger partial charge is 0.301 e. The van der Waals surface area contributed by atoms with E-state index >= 15 is 0 Å². The van der Waals surface area contributed by atoms with Crippen LogP contribution in [0.15, 0.2) is 75.6 Å². The highest BCUT2D eigenvalue weighted by atomic mass is 32.2. The number of rotatable bonds is 8. The first kappa shape index (κ1) is 22.4. The molecule has 162 valence electrons. The van der Waals surface area contributed by atoms with E-state index in [9.17, 15) is 30.3 Å². The van der Waals surface area contributed by atoms with Gasteiger partial charge in [-0.1, -0.05) is 35.5 Å². The molecule has 0 heterocycles. The van der Waals surface area contributed by atoms with Crippen molar-refractivity contribution in [2.45, 2.75) is 16.7 Å². The molecule has 0 aliphatic carbocycles. The number of benzene rings is 3. The van der Waals surface area contributed by atoms with Gasteiger partial charge in [0, 0.05) is 22.6 Å². The first-order chi connectivity index (χ1) is 15.2. The third kappa shape index (κ3) is 5.43. The lowest BCUT2D eigenvalue weighted by molar-refractivity contribution is -0.393. The fourth-order valence-corrected chi connectivity index (χ4v) is 3.53. The van der Waals surface area contributed by atoms with Gasteiger partial charge in [-0.25, -0.2) is 0 Å². The number of nitro benzene ring substituents is 3. The molecule has 0 unspecified atom stereocenters. The number of nitrogens with zero attached hydrogens (tertiary/aromatic N) is 4. The number of nitro groups is 3. The Bertz CT molecular complexity index is 1230. The van der Waals surface area contributed by atoms with Crippen molar-refractivity contribution in [2.24, 2.45) is 5.10 Å². The van der Waals surface area contributed by atoms with Gasteiger partial charge < -0.3 is 0 Å². The Labute approximate surface area is 185 Å². The number of hydrogen-bond donors (Lipinski definition) is 1. The maximum absolute atomic E-state index is 11.5. The Balaban J connectivity index is 1.81. The molecular weight excluding hydrogens is 438 g/mol. The molecule has 1 N–H and O–H groups in total. The van der Waals surface area contributed by atoms with E-state index in [4.69, 9.17) is 0 Å². The molecule has 0 saturated carbocycles. The first-order valence-electron chi connectivity index (χ1n) is 8.99. The smallest absolute Gasteiger partial charge is 0.272 e. The maximum Gasteiger partial charge on any atom is 0.301 e. The summed E-state index contributed by atoms with van der Waals surface area (Å²) in [5, 5.41) is 37.4. The highest BCUT2D eigenvalue weighted by Gasteiger charge is 2.19. The summed E-state index contributed by atoms with van der Waals surface area (Å²) in [5.41, 5.74) is 2.80. The van der Waals surface area contributed by atoms with E-state index in [-0.39, 0.29) is 11.4 Å². The lowest BCUT2D eigenvalue weighted by Crippen LogP contribution is -1.99. The Morgan fingerprint density at radius 1 is 0.844 bits per heavy atom. The van der Waals surface area contributed by atoms with E-state index in [1.807, 2.05) is 31.2 Å². The van der Waals surface area contributed by atoms with Crippen LogP contribution in [-0.4, -0.2) is 21.0 Å². The average molecular weight is 453 g/mol. The molecule has 3 aromatic carbocycles. The molecule has 0 aliphatic heterocycles. The van der Waals surface area contributed by atoms with E-state index in [0.717, 1.165) is 28.7 Å². The van der Waals surface area contributed by atoms with Crippen LogP contribution < -0.4 is 5.43 Å². The molecule has 0 spiro atoms. The van der Waals surface area contributed by atoms with E-state index in [1.54, 1.807) is 12.1 Å². The summed E-state index contributed by atoms with van der Waals surface area (Å²) in [4.78, 5) is 32.8. The number of hydrazone groups is 1. The van der Waals surface area contributed by atoms with Gasteiger partial charge in [0.25, 0.3) is 11.4 Å². The second-order valence-corrected chi connectivity index (χ2v) is 7.60. The zero-order chi connectivity index (χ0) is 23.3. The van der Waals surface area contributed by atoms with Crippen LogP contribution in [-0.2, 0) is 0 Å². The fraction of sp³-hybridized carbons (Fsp3) is 0.0500. The minimum absolute atomic E-state index is 0.0575. The van der Waals surface area contributed by atoms with Gasteiger partial charge in [-0.3, -0.25) is 35.8 Å².